The minimum absolute atomic E-state index is 0.0395. The molecule has 5 heteroatoms. The molecule has 1 aliphatic rings. The Kier molecular flexibility index (Phi) is 5.44. The first-order valence-corrected chi connectivity index (χ1v) is 6.55. The van der Waals surface area contributed by atoms with Crippen molar-refractivity contribution in [2.24, 2.45) is 11.8 Å². The monoisotopic (exact) mass is 256 g/mol. The third-order valence-electron chi connectivity index (χ3n) is 3.52. The first kappa shape index (κ1) is 14.8. The van der Waals surface area contributed by atoms with Gasteiger partial charge in [-0.2, -0.15) is 0 Å². The fraction of sp³-hybridized carbons (Fsp3) is 0.846. The van der Waals surface area contributed by atoms with Gasteiger partial charge in [-0.25, -0.2) is 4.79 Å². The van der Waals surface area contributed by atoms with Crippen molar-refractivity contribution in [3.05, 3.63) is 0 Å². The van der Waals surface area contributed by atoms with Crippen LogP contribution in [0.2, 0.25) is 0 Å². The van der Waals surface area contributed by atoms with Crippen LogP contribution < -0.4 is 5.32 Å². The van der Waals surface area contributed by atoms with E-state index in [2.05, 4.69) is 10.1 Å². The maximum absolute atomic E-state index is 12.3. The summed E-state index contributed by atoms with van der Waals surface area (Å²) < 4.78 is 4.55. The third-order valence-corrected chi connectivity index (χ3v) is 3.52. The van der Waals surface area contributed by atoms with Gasteiger partial charge >= 0.3 is 6.09 Å². The zero-order chi connectivity index (χ0) is 13.7. The molecule has 0 radical (unpaired) electrons. The predicted octanol–water partition coefficient (Wildman–Crippen LogP) is 1.63. The van der Waals surface area contributed by atoms with Gasteiger partial charge in [0, 0.05) is 13.6 Å². The van der Waals surface area contributed by atoms with Crippen LogP contribution in [-0.2, 0) is 9.53 Å². The van der Waals surface area contributed by atoms with E-state index in [1.165, 1.54) is 26.4 Å². The molecule has 1 atom stereocenters. The molecule has 104 valence electrons. The average molecular weight is 256 g/mol. The van der Waals surface area contributed by atoms with Crippen LogP contribution in [0.25, 0.3) is 0 Å². The van der Waals surface area contributed by atoms with Crippen LogP contribution in [-0.4, -0.2) is 43.6 Å². The number of nitrogens with zero attached hydrogens (tertiary/aromatic N) is 1. The molecule has 1 rings (SSSR count). The molecule has 1 unspecified atom stereocenters. The fourth-order valence-corrected chi connectivity index (χ4v) is 2.09. The summed E-state index contributed by atoms with van der Waals surface area (Å²) in [5, 5.41) is 2.60. The molecule has 0 aromatic carbocycles. The van der Waals surface area contributed by atoms with Crippen LogP contribution in [0.3, 0.4) is 0 Å². The number of ether oxygens (including phenoxy) is 1. The van der Waals surface area contributed by atoms with Crippen LogP contribution in [0.5, 0.6) is 0 Å². The summed E-state index contributed by atoms with van der Waals surface area (Å²) >= 11 is 0. The molecule has 1 saturated carbocycles. The number of nitrogens with one attached hydrogen (secondary N) is 1. The third kappa shape index (κ3) is 3.89. The summed E-state index contributed by atoms with van der Waals surface area (Å²) in [5.74, 6) is 0.632. The Morgan fingerprint density at radius 1 is 1.39 bits per heavy atom. The van der Waals surface area contributed by atoms with Gasteiger partial charge in [-0.1, -0.05) is 20.3 Å². The Bertz CT molecular complexity index is 301. The fourth-order valence-electron chi connectivity index (χ4n) is 2.09. The van der Waals surface area contributed by atoms with Gasteiger partial charge in [-0.05, 0) is 24.7 Å². The van der Waals surface area contributed by atoms with Gasteiger partial charge in [0.2, 0.25) is 5.91 Å². The zero-order valence-electron chi connectivity index (χ0n) is 11.7. The topological polar surface area (TPSA) is 58.6 Å². The van der Waals surface area contributed by atoms with Crippen LogP contribution in [0.15, 0.2) is 0 Å². The van der Waals surface area contributed by atoms with Gasteiger partial charge in [-0.15, -0.1) is 0 Å². The predicted molar refractivity (Wildman–Crippen MR) is 69.1 cm³/mol. The Morgan fingerprint density at radius 2 is 2.00 bits per heavy atom. The Labute approximate surface area is 109 Å². The van der Waals surface area contributed by atoms with Crippen molar-refractivity contribution in [2.75, 3.05) is 20.7 Å². The van der Waals surface area contributed by atoms with Crippen LogP contribution in [0.1, 0.15) is 33.1 Å². The molecule has 2 amide bonds. The van der Waals surface area contributed by atoms with Gasteiger partial charge in [0.15, 0.2) is 0 Å². The van der Waals surface area contributed by atoms with Crippen LogP contribution in [0.4, 0.5) is 4.79 Å². The second kappa shape index (κ2) is 6.61. The normalized spacial score (nSPS) is 16.9. The Morgan fingerprint density at radius 3 is 2.39 bits per heavy atom. The average Bonchev–Trinajstić information content (AvgIpc) is 2.28. The number of carbonyl (C=O) groups is 2. The molecule has 0 saturated heterocycles. The highest BCUT2D eigenvalue weighted by molar-refractivity contribution is 5.85. The van der Waals surface area contributed by atoms with Gasteiger partial charge in [-0.3, -0.25) is 4.79 Å². The first-order chi connectivity index (χ1) is 8.45. The van der Waals surface area contributed by atoms with Gasteiger partial charge in [0.05, 0.1) is 7.11 Å². The molecule has 18 heavy (non-hydrogen) atoms. The van der Waals surface area contributed by atoms with Gasteiger partial charge in [0.1, 0.15) is 6.04 Å². The zero-order valence-corrected chi connectivity index (χ0v) is 11.7. The molecule has 1 fully saturated rings. The lowest BCUT2D eigenvalue weighted by molar-refractivity contribution is -0.134. The van der Waals surface area contributed by atoms with Crippen LogP contribution >= 0.6 is 0 Å². The van der Waals surface area contributed by atoms with Crippen molar-refractivity contribution < 1.29 is 14.3 Å². The summed E-state index contributed by atoms with van der Waals surface area (Å²) in [7, 11) is 3.10. The second-order valence-corrected chi connectivity index (χ2v) is 5.37. The number of rotatable bonds is 5. The maximum Gasteiger partial charge on any atom is 0.407 e. The molecular formula is C13H24N2O3. The van der Waals surface area contributed by atoms with Crippen molar-refractivity contribution in [3.63, 3.8) is 0 Å². The highest BCUT2D eigenvalue weighted by Crippen LogP contribution is 2.27. The van der Waals surface area contributed by atoms with E-state index in [4.69, 9.17) is 0 Å². The lowest BCUT2D eigenvalue weighted by atomic mass is 9.85. The number of hydrogen-bond acceptors (Lipinski definition) is 3. The maximum atomic E-state index is 12.3. The molecule has 0 aromatic heterocycles. The van der Waals surface area contributed by atoms with Crippen molar-refractivity contribution >= 4 is 12.0 Å². The summed E-state index contributed by atoms with van der Waals surface area (Å²) in [6.07, 6.45) is 3.11. The summed E-state index contributed by atoms with van der Waals surface area (Å²) in [6.45, 7) is 4.61. The molecular weight excluding hydrogens is 232 g/mol. The largest absolute Gasteiger partial charge is 0.453 e. The van der Waals surface area contributed by atoms with E-state index in [0.717, 1.165) is 6.54 Å². The summed E-state index contributed by atoms with van der Waals surface area (Å²) in [4.78, 5) is 25.2. The van der Waals surface area contributed by atoms with Crippen molar-refractivity contribution in [3.8, 4) is 0 Å². The number of methoxy groups -OCH3 is 1. The molecule has 0 aliphatic heterocycles. The number of carbonyl (C=O) groups excluding carboxylic acids is 2. The van der Waals surface area contributed by atoms with Gasteiger partial charge in [0.25, 0.3) is 0 Å². The first-order valence-electron chi connectivity index (χ1n) is 6.55. The van der Waals surface area contributed by atoms with E-state index in [9.17, 15) is 9.59 Å². The molecule has 0 spiro atoms. The lowest BCUT2D eigenvalue weighted by Crippen LogP contribution is -2.51. The number of amides is 2. The quantitative estimate of drug-likeness (QED) is 0.813. The number of hydrogen-bond donors (Lipinski definition) is 1. The summed E-state index contributed by atoms with van der Waals surface area (Å²) in [6, 6.07) is -0.512. The summed E-state index contributed by atoms with van der Waals surface area (Å²) in [5.41, 5.74) is 0. The van der Waals surface area contributed by atoms with E-state index in [0.29, 0.717) is 5.92 Å². The molecule has 1 aliphatic carbocycles. The second-order valence-electron chi connectivity index (χ2n) is 5.37. The lowest BCUT2D eigenvalue weighted by Gasteiger charge is -2.33. The van der Waals surface area contributed by atoms with E-state index in [-0.39, 0.29) is 11.8 Å². The highest BCUT2D eigenvalue weighted by atomic mass is 16.5. The SMILES string of the molecule is COC(=O)NC(C(=O)N(C)CC1CCC1)C(C)C. The highest BCUT2D eigenvalue weighted by Gasteiger charge is 2.29. The number of alkyl carbamates (subject to hydrolysis) is 1. The molecule has 1 N–H and O–H groups in total. The Hall–Kier alpha value is -1.26. The molecule has 0 bridgehead atoms. The van der Waals surface area contributed by atoms with Crippen LogP contribution in [0, 0.1) is 11.8 Å². The van der Waals surface area contributed by atoms with Crippen molar-refractivity contribution in [2.45, 2.75) is 39.2 Å². The van der Waals surface area contributed by atoms with E-state index < -0.39 is 12.1 Å². The minimum Gasteiger partial charge on any atom is -0.453 e. The molecule has 0 heterocycles. The standard InChI is InChI=1S/C13H24N2O3/c1-9(2)11(14-13(17)18-4)12(16)15(3)8-10-6-5-7-10/h9-11H,5-8H2,1-4H3,(H,14,17). The van der Waals surface area contributed by atoms with E-state index in [1.807, 2.05) is 13.8 Å². The van der Waals surface area contributed by atoms with Crippen molar-refractivity contribution in [1.82, 2.24) is 10.2 Å². The van der Waals surface area contributed by atoms with Crippen molar-refractivity contribution in [1.29, 1.82) is 0 Å². The minimum atomic E-state index is -0.556. The van der Waals surface area contributed by atoms with Gasteiger partial charge < -0.3 is 15.0 Å². The van der Waals surface area contributed by atoms with E-state index in [1.54, 1.807) is 11.9 Å². The smallest absolute Gasteiger partial charge is 0.407 e. The molecule has 5 nitrogen and oxygen atoms in total. The Balaban J connectivity index is 2.54. The molecule has 0 aromatic rings. The van der Waals surface area contributed by atoms with E-state index >= 15 is 0 Å². The number of likely N-dealkylation sites (N-methyl/N-ethyl adjacent to an activating group) is 1.